The van der Waals surface area contributed by atoms with Gasteiger partial charge in [0.15, 0.2) is 6.04 Å². The summed E-state index contributed by atoms with van der Waals surface area (Å²) in [6.45, 7) is 3.95. The lowest BCUT2D eigenvalue weighted by molar-refractivity contribution is -0.901. The van der Waals surface area contributed by atoms with Crippen LogP contribution in [0.3, 0.4) is 0 Å². The molecule has 1 aliphatic heterocycles. The van der Waals surface area contributed by atoms with Crippen molar-refractivity contribution in [2.75, 3.05) is 18.4 Å². The van der Waals surface area contributed by atoms with Crippen LogP contribution in [-0.4, -0.2) is 25.0 Å². The summed E-state index contributed by atoms with van der Waals surface area (Å²) in [5, 5.41) is 2.66. The van der Waals surface area contributed by atoms with Gasteiger partial charge in [-0.05, 0) is 25.1 Å². The Hall–Kier alpha value is -0.940. The van der Waals surface area contributed by atoms with Crippen LogP contribution < -0.4 is 10.2 Å². The van der Waals surface area contributed by atoms with Crippen LogP contribution in [-0.2, 0) is 4.79 Å². The fourth-order valence-electron chi connectivity index (χ4n) is 2.28. The van der Waals surface area contributed by atoms with Crippen molar-refractivity contribution in [3.63, 3.8) is 0 Å². The van der Waals surface area contributed by atoms with Crippen molar-refractivity contribution in [2.24, 2.45) is 0 Å². The molecule has 0 unspecified atom stereocenters. The smallest absolute Gasteiger partial charge is 0.282 e. The van der Waals surface area contributed by atoms with E-state index in [0.717, 1.165) is 13.1 Å². The minimum Gasteiger partial charge on any atom is -0.325 e. The number of hydrogen-bond donors (Lipinski definition) is 2. The highest BCUT2D eigenvalue weighted by atomic mass is 79.9. The van der Waals surface area contributed by atoms with Crippen molar-refractivity contribution in [2.45, 2.75) is 25.8 Å². The van der Waals surface area contributed by atoms with Crippen molar-refractivity contribution in [3.8, 4) is 0 Å². The van der Waals surface area contributed by atoms with Crippen molar-refractivity contribution >= 4 is 27.5 Å². The van der Waals surface area contributed by atoms with Gasteiger partial charge in [0.1, 0.15) is 5.82 Å². The summed E-state index contributed by atoms with van der Waals surface area (Å²) < 4.78 is 14.3. The Kier molecular flexibility index (Phi) is 4.35. The van der Waals surface area contributed by atoms with Crippen molar-refractivity contribution in [1.82, 2.24) is 0 Å². The van der Waals surface area contributed by atoms with Gasteiger partial charge in [0.2, 0.25) is 0 Å². The third-order valence-corrected chi connectivity index (χ3v) is 3.93. The Labute approximate surface area is 114 Å². The molecule has 0 aromatic heterocycles. The second-order valence-electron chi connectivity index (χ2n) is 4.70. The van der Waals surface area contributed by atoms with Crippen LogP contribution in [0.2, 0.25) is 0 Å². The van der Waals surface area contributed by atoms with Gasteiger partial charge in [-0.25, -0.2) is 4.39 Å². The lowest BCUT2D eigenvalue weighted by Gasteiger charge is -2.20. The number of benzene rings is 1. The topological polar surface area (TPSA) is 33.5 Å². The third kappa shape index (κ3) is 3.09. The van der Waals surface area contributed by atoms with E-state index in [1.165, 1.54) is 23.8 Å². The van der Waals surface area contributed by atoms with Crippen LogP contribution >= 0.6 is 15.9 Å². The molecule has 1 aromatic carbocycles. The molecule has 2 rings (SSSR count). The first kappa shape index (κ1) is 13.5. The number of quaternary nitrogens is 1. The number of likely N-dealkylation sites (tertiary alicyclic amines) is 1. The minimum absolute atomic E-state index is 0.117. The summed E-state index contributed by atoms with van der Waals surface area (Å²) in [7, 11) is 0. The Morgan fingerprint density at radius 1 is 1.44 bits per heavy atom. The SMILES string of the molecule is C[C@H](C(=O)Nc1ccc(Br)cc1F)[NH+]1CCCC1. The molecule has 2 N–H and O–H groups in total. The van der Waals surface area contributed by atoms with Gasteiger partial charge >= 0.3 is 0 Å². The second-order valence-corrected chi connectivity index (χ2v) is 5.62. The zero-order valence-electron chi connectivity index (χ0n) is 10.3. The van der Waals surface area contributed by atoms with E-state index in [9.17, 15) is 9.18 Å². The maximum atomic E-state index is 13.6. The van der Waals surface area contributed by atoms with Crippen LogP contribution in [0, 0.1) is 5.82 Å². The van der Waals surface area contributed by atoms with Gasteiger partial charge in [-0.1, -0.05) is 15.9 Å². The molecule has 1 aliphatic rings. The highest BCUT2D eigenvalue weighted by molar-refractivity contribution is 9.10. The largest absolute Gasteiger partial charge is 0.325 e. The Bertz CT molecular complexity index is 447. The summed E-state index contributed by atoms with van der Waals surface area (Å²) in [6.07, 6.45) is 2.33. The fraction of sp³-hybridized carbons (Fsp3) is 0.462. The molecule has 1 aromatic rings. The van der Waals surface area contributed by atoms with Gasteiger partial charge in [0.25, 0.3) is 5.91 Å². The van der Waals surface area contributed by atoms with E-state index in [2.05, 4.69) is 21.2 Å². The highest BCUT2D eigenvalue weighted by Gasteiger charge is 2.28. The third-order valence-electron chi connectivity index (χ3n) is 3.44. The average molecular weight is 316 g/mol. The molecule has 0 bridgehead atoms. The summed E-state index contributed by atoms with van der Waals surface area (Å²) in [6, 6.07) is 4.51. The minimum atomic E-state index is -0.415. The number of anilines is 1. The number of carbonyl (C=O) groups is 1. The molecule has 0 aliphatic carbocycles. The zero-order chi connectivity index (χ0) is 13.1. The first-order valence-corrected chi connectivity index (χ1v) is 6.97. The molecule has 1 fully saturated rings. The summed E-state index contributed by atoms with van der Waals surface area (Å²) in [4.78, 5) is 13.3. The van der Waals surface area contributed by atoms with Gasteiger partial charge < -0.3 is 10.2 Å². The van der Waals surface area contributed by atoms with E-state index in [1.54, 1.807) is 12.1 Å². The van der Waals surface area contributed by atoms with Gasteiger partial charge in [0.05, 0.1) is 18.8 Å². The summed E-state index contributed by atoms with van der Waals surface area (Å²) in [5.74, 6) is -0.533. The van der Waals surface area contributed by atoms with Crippen LogP contribution in [0.4, 0.5) is 10.1 Å². The van der Waals surface area contributed by atoms with Crippen molar-refractivity contribution in [1.29, 1.82) is 0 Å². The molecule has 1 heterocycles. The Morgan fingerprint density at radius 2 is 2.11 bits per heavy atom. The predicted molar refractivity (Wildman–Crippen MR) is 72.1 cm³/mol. The van der Waals surface area contributed by atoms with E-state index < -0.39 is 5.82 Å². The molecule has 3 nitrogen and oxygen atoms in total. The maximum absolute atomic E-state index is 13.6. The number of hydrogen-bond acceptors (Lipinski definition) is 1. The van der Waals surface area contributed by atoms with Crippen LogP contribution in [0.25, 0.3) is 0 Å². The van der Waals surface area contributed by atoms with E-state index >= 15 is 0 Å². The average Bonchev–Trinajstić information content (AvgIpc) is 2.85. The highest BCUT2D eigenvalue weighted by Crippen LogP contribution is 2.19. The van der Waals surface area contributed by atoms with Crippen molar-refractivity contribution in [3.05, 3.63) is 28.5 Å². The molecule has 1 amide bonds. The van der Waals surface area contributed by atoms with Gasteiger partial charge in [-0.2, -0.15) is 0 Å². The molecule has 18 heavy (non-hydrogen) atoms. The van der Waals surface area contributed by atoms with E-state index in [0.29, 0.717) is 4.47 Å². The summed E-state index contributed by atoms with van der Waals surface area (Å²) >= 11 is 3.19. The number of nitrogens with one attached hydrogen (secondary N) is 2. The van der Waals surface area contributed by atoms with Gasteiger partial charge in [-0.3, -0.25) is 4.79 Å². The van der Waals surface area contributed by atoms with Gasteiger partial charge in [0, 0.05) is 17.3 Å². The van der Waals surface area contributed by atoms with Crippen LogP contribution in [0.15, 0.2) is 22.7 Å². The molecular formula is C13H17BrFN2O+. The number of carbonyl (C=O) groups excluding carboxylic acids is 1. The molecule has 98 valence electrons. The maximum Gasteiger partial charge on any atom is 0.282 e. The molecular weight excluding hydrogens is 299 g/mol. The van der Waals surface area contributed by atoms with Crippen molar-refractivity contribution < 1.29 is 14.1 Å². The van der Waals surface area contributed by atoms with E-state index in [4.69, 9.17) is 0 Å². The molecule has 0 radical (unpaired) electrons. The Balaban J connectivity index is 2.01. The van der Waals surface area contributed by atoms with Crippen LogP contribution in [0.5, 0.6) is 0 Å². The monoisotopic (exact) mass is 315 g/mol. The fourth-order valence-corrected chi connectivity index (χ4v) is 2.61. The summed E-state index contributed by atoms with van der Waals surface area (Å²) in [5.41, 5.74) is 0.244. The predicted octanol–water partition coefficient (Wildman–Crippen LogP) is 1.59. The lowest BCUT2D eigenvalue weighted by Crippen LogP contribution is -3.14. The normalized spacial score (nSPS) is 17.7. The Morgan fingerprint density at radius 3 is 2.72 bits per heavy atom. The lowest BCUT2D eigenvalue weighted by atomic mass is 10.2. The molecule has 1 atom stereocenters. The number of amides is 1. The first-order valence-electron chi connectivity index (χ1n) is 6.18. The molecule has 5 heteroatoms. The molecule has 0 saturated carbocycles. The number of halogens is 2. The quantitative estimate of drug-likeness (QED) is 0.872. The van der Waals surface area contributed by atoms with E-state index in [1.807, 2.05) is 6.92 Å². The number of rotatable bonds is 3. The molecule has 0 spiro atoms. The zero-order valence-corrected chi connectivity index (χ0v) is 11.9. The van der Waals surface area contributed by atoms with Gasteiger partial charge in [-0.15, -0.1) is 0 Å². The first-order chi connectivity index (χ1) is 8.58. The van der Waals surface area contributed by atoms with E-state index in [-0.39, 0.29) is 17.6 Å². The second kappa shape index (κ2) is 5.80. The molecule has 1 saturated heterocycles. The standard InChI is InChI=1S/C13H16BrFN2O/c1-9(17-6-2-3-7-17)13(18)16-12-5-4-10(14)8-11(12)15/h4-5,8-9H,2-3,6-7H2,1H3,(H,16,18)/p+1/t9-/m1/s1. The van der Waals surface area contributed by atoms with Crippen LogP contribution in [0.1, 0.15) is 19.8 Å².